The predicted octanol–water partition coefficient (Wildman–Crippen LogP) is 4.79. The molecule has 0 aromatic heterocycles. The fraction of sp³-hybridized carbons (Fsp3) is 0.381. The Labute approximate surface area is 164 Å². The lowest BCUT2D eigenvalue weighted by atomic mass is 9.92. The Hall–Kier alpha value is -2.24. The summed E-state index contributed by atoms with van der Waals surface area (Å²) in [4.78, 5) is 14.7. The van der Waals surface area contributed by atoms with E-state index in [-0.39, 0.29) is 17.7 Å². The third-order valence-corrected chi connectivity index (χ3v) is 5.39. The molecule has 1 saturated heterocycles. The van der Waals surface area contributed by atoms with Gasteiger partial charge in [0, 0.05) is 13.0 Å². The quantitative estimate of drug-likeness (QED) is 0.825. The van der Waals surface area contributed by atoms with Gasteiger partial charge in [0.2, 0.25) is 0 Å². The maximum Gasteiger partial charge on any atom is 0.322 e. The molecule has 1 unspecified atom stereocenters. The number of nitrogens with zero attached hydrogens (tertiary/aromatic N) is 1. The molecule has 1 N–H and O–H groups in total. The molecule has 5 nitrogen and oxygen atoms in total. The van der Waals surface area contributed by atoms with E-state index in [0.717, 1.165) is 6.42 Å². The molecule has 2 aromatic rings. The lowest BCUT2D eigenvalue weighted by molar-refractivity contribution is -0.0269. The molecule has 1 atom stereocenters. The first-order valence-corrected chi connectivity index (χ1v) is 9.60. The average Bonchev–Trinajstić information content (AvgIpc) is 3.24. The van der Waals surface area contributed by atoms with Crippen molar-refractivity contribution in [3.8, 4) is 5.75 Å². The predicted molar refractivity (Wildman–Crippen MR) is 105 cm³/mol. The van der Waals surface area contributed by atoms with Gasteiger partial charge in [0.1, 0.15) is 5.60 Å². The molecule has 1 spiro atoms. The summed E-state index contributed by atoms with van der Waals surface area (Å²) < 4.78 is 11.9. The minimum absolute atomic E-state index is 0.0426. The summed E-state index contributed by atoms with van der Waals surface area (Å²) in [5, 5.41) is 3.43. The van der Waals surface area contributed by atoms with Crippen molar-refractivity contribution in [2.24, 2.45) is 0 Å². The molecule has 2 aliphatic heterocycles. The van der Waals surface area contributed by atoms with Crippen LogP contribution in [0.5, 0.6) is 5.75 Å². The number of carbonyl (C=O) groups is 1. The number of urea groups is 1. The number of anilines is 1. The zero-order chi connectivity index (χ0) is 19.0. The smallest absolute Gasteiger partial charge is 0.322 e. The maximum absolute atomic E-state index is 12.9. The number of fused-ring (bicyclic) bond motifs is 2. The van der Waals surface area contributed by atoms with Crippen LogP contribution in [0.3, 0.4) is 0 Å². The fourth-order valence-corrected chi connectivity index (χ4v) is 4.05. The van der Waals surface area contributed by atoms with Gasteiger partial charge in [-0.2, -0.15) is 0 Å². The second kappa shape index (κ2) is 7.06. The van der Waals surface area contributed by atoms with E-state index in [1.54, 1.807) is 23.1 Å². The summed E-state index contributed by atoms with van der Waals surface area (Å²) >= 11 is 6.26. The Morgan fingerprint density at radius 1 is 1.26 bits per heavy atom. The number of ether oxygens (including phenoxy) is 2. The van der Waals surface area contributed by atoms with Crippen LogP contribution in [0.15, 0.2) is 42.5 Å². The van der Waals surface area contributed by atoms with Crippen molar-refractivity contribution in [3.05, 3.63) is 58.6 Å². The number of carbonyl (C=O) groups excluding carboxylic acids is 1. The summed E-state index contributed by atoms with van der Waals surface area (Å²) in [5.74, 6) is 0.499. The number of likely N-dealkylation sites (tertiary alicyclic amines) is 1. The van der Waals surface area contributed by atoms with Crippen LogP contribution in [0.1, 0.15) is 31.4 Å². The number of hydrogen-bond acceptors (Lipinski definition) is 3. The normalized spacial score (nSPS) is 21.0. The topological polar surface area (TPSA) is 50.8 Å². The van der Waals surface area contributed by atoms with E-state index >= 15 is 0 Å². The van der Waals surface area contributed by atoms with Crippen LogP contribution in [-0.2, 0) is 16.9 Å². The van der Waals surface area contributed by atoms with E-state index in [0.29, 0.717) is 36.2 Å². The van der Waals surface area contributed by atoms with Crippen LogP contribution in [0.2, 0.25) is 5.02 Å². The Bertz CT molecular complexity index is 870. The highest BCUT2D eigenvalue weighted by Crippen LogP contribution is 2.43. The van der Waals surface area contributed by atoms with Crippen LogP contribution >= 0.6 is 11.6 Å². The van der Waals surface area contributed by atoms with Crippen molar-refractivity contribution in [1.82, 2.24) is 4.90 Å². The zero-order valence-corrected chi connectivity index (χ0v) is 16.3. The first-order valence-electron chi connectivity index (χ1n) is 9.22. The van der Waals surface area contributed by atoms with Crippen LogP contribution in [-0.4, -0.2) is 30.1 Å². The number of hydrogen-bond donors (Lipinski definition) is 1. The summed E-state index contributed by atoms with van der Waals surface area (Å²) in [6, 6.07) is 13.4. The van der Waals surface area contributed by atoms with Crippen molar-refractivity contribution in [2.75, 3.05) is 18.4 Å². The van der Waals surface area contributed by atoms with E-state index in [4.69, 9.17) is 21.1 Å². The van der Waals surface area contributed by atoms with Gasteiger partial charge in [0.25, 0.3) is 0 Å². The number of nitrogens with one attached hydrogen (secondary N) is 1. The molecule has 0 aliphatic carbocycles. The lowest BCUT2D eigenvalue weighted by Gasteiger charge is -2.25. The molecular formula is C21H23ClN2O3. The standard InChI is InChI=1S/C21H23ClN2O3/c1-14(2)27-19-17(22)8-5-9-18(19)23-20(25)24-11-10-21(13-24)16-7-4-3-6-15(16)12-26-21/h3-9,14H,10-13H2,1-2H3,(H,23,25). The number of rotatable bonds is 3. The van der Waals surface area contributed by atoms with Crippen molar-refractivity contribution in [1.29, 1.82) is 0 Å². The summed E-state index contributed by atoms with van der Waals surface area (Å²) in [7, 11) is 0. The largest absolute Gasteiger partial charge is 0.487 e. The first-order chi connectivity index (χ1) is 13.0. The van der Waals surface area contributed by atoms with Crippen LogP contribution < -0.4 is 10.1 Å². The van der Waals surface area contributed by atoms with E-state index in [1.165, 1.54) is 11.1 Å². The molecule has 2 aliphatic rings. The Morgan fingerprint density at radius 2 is 2.07 bits per heavy atom. The van der Waals surface area contributed by atoms with Gasteiger partial charge in [-0.3, -0.25) is 0 Å². The molecule has 4 rings (SSSR count). The number of para-hydroxylation sites is 1. The van der Waals surface area contributed by atoms with E-state index in [1.807, 2.05) is 26.0 Å². The molecule has 27 heavy (non-hydrogen) atoms. The van der Waals surface area contributed by atoms with Gasteiger partial charge in [-0.1, -0.05) is 41.9 Å². The number of benzene rings is 2. The second-order valence-corrected chi connectivity index (χ2v) is 7.73. The summed E-state index contributed by atoms with van der Waals surface area (Å²) in [6.45, 7) is 5.63. The Kier molecular flexibility index (Phi) is 4.74. The monoisotopic (exact) mass is 386 g/mol. The third kappa shape index (κ3) is 3.37. The molecule has 2 amide bonds. The van der Waals surface area contributed by atoms with E-state index < -0.39 is 0 Å². The van der Waals surface area contributed by atoms with Crippen molar-refractivity contribution in [2.45, 2.75) is 38.6 Å². The molecule has 2 aromatic carbocycles. The van der Waals surface area contributed by atoms with E-state index in [2.05, 4.69) is 17.4 Å². The fourth-order valence-electron chi connectivity index (χ4n) is 3.83. The van der Waals surface area contributed by atoms with Crippen LogP contribution in [0, 0.1) is 0 Å². The van der Waals surface area contributed by atoms with Gasteiger partial charge in [-0.05, 0) is 37.1 Å². The highest BCUT2D eigenvalue weighted by Gasteiger charge is 2.46. The van der Waals surface area contributed by atoms with Gasteiger partial charge in [-0.25, -0.2) is 4.79 Å². The summed E-state index contributed by atoms with van der Waals surface area (Å²) in [5.41, 5.74) is 2.60. The lowest BCUT2D eigenvalue weighted by Crippen LogP contribution is -2.37. The highest BCUT2D eigenvalue weighted by atomic mass is 35.5. The van der Waals surface area contributed by atoms with Crippen LogP contribution in [0.25, 0.3) is 0 Å². The van der Waals surface area contributed by atoms with Gasteiger partial charge in [0.15, 0.2) is 5.75 Å². The minimum atomic E-state index is -0.389. The Balaban J connectivity index is 1.51. The number of halogens is 1. The van der Waals surface area contributed by atoms with E-state index in [9.17, 15) is 4.79 Å². The summed E-state index contributed by atoms with van der Waals surface area (Å²) in [6.07, 6.45) is 0.751. The Morgan fingerprint density at radius 3 is 2.89 bits per heavy atom. The molecule has 142 valence electrons. The average molecular weight is 387 g/mol. The molecule has 2 heterocycles. The van der Waals surface area contributed by atoms with Gasteiger partial charge in [-0.15, -0.1) is 0 Å². The van der Waals surface area contributed by atoms with Crippen molar-refractivity contribution < 1.29 is 14.3 Å². The number of amides is 2. The SMILES string of the molecule is CC(C)Oc1c(Cl)cccc1NC(=O)N1CCC2(C1)OCc1ccccc12. The molecule has 0 bridgehead atoms. The third-order valence-electron chi connectivity index (χ3n) is 5.09. The minimum Gasteiger partial charge on any atom is -0.487 e. The van der Waals surface area contributed by atoms with Crippen molar-refractivity contribution >= 4 is 23.3 Å². The maximum atomic E-state index is 12.9. The van der Waals surface area contributed by atoms with Gasteiger partial charge >= 0.3 is 6.03 Å². The molecular weight excluding hydrogens is 364 g/mol. The van der Waals surface area contributed by atoms with Crippen LogP contribution in [0.4, 0.5) is 10.5 Å². The molecule has 0 saturated carbocycles. The van der Waals surface area contributed by atoms with Crippen molar-refractivity contribution in [3.63, 3.8) is 0 Å². The molecule has 0 radical (unpaired) electrons. The van der Waals surface area contributed by atoms with Gasteiger partial charge in [0.05, 0.1) is 30.0 Å². The van der Waals surface area contributed by atoms with Gasteiger partial charge < -0.3 is 19.7 Å². The molecule has 1 fully saturated rings. The second-order valence-electron chi connectivity index (χ2n) is 7.32. The first kappa shape index (κ1) is 18.1. The molecule has 6 heteroatoms. The highest BCUT2D eigenvalue weighted by molar-refractivity contribution is 6.32. The zero-order valence-electron chi connectivity index (χ0n) is 15.5.